The van der Waals surface area contributed by atoms with Gasteiger partial charge in [-0.25, -0.2) is 4.79 Å². The molecule has 1 unspecified atom stereocenters. The van der Waals surface area contributed by atoms with Crippen LogP contribution in [0.4, 0.5) is 10.5 Å². The lowest BCUT2D eigenvalue weighted by atomic mass is 9.98. The van der Waals surface area contributed by atoms with E-state index in [9.17, 15) is 24.0 Å². The van der Waals surface area contributed by atoms with Crippen LogP contribution in [0.25, 0.3) is 0 Å². The van der Waals surface area contributed by atoms with Gasteiger partial charge in [0.1, 0.15) is 23.7 Å². The van der Waals surface area contributed by atoms with Crippen LogP contribution >= 0.6 is 15.9 Å². The number of hydrogen-bond acceptors (Lipinski definition) is 6. The zero-order chi connectivity index (χ0) is 34.6. The molecule has 0 saturated carbocycles. The van der Waals surface area contributed by atoms with Gasteiger partial charge in [-0.1, -0.05) is 76.6 Å². The van der Waals surface area contributed by atoms with E-state index in [2.05, 4.69) is 31.9 Å². The van der Waals surface area contributed by atoms with Crippen molar-refractivity contribution in [2.24, 2.45) is 5.73 Å². The largest absolute Gasteiger partial charge is 0.444 e. The summed E-state index contributed by atoms with van der Waals surface area (Å²) in [4.78, 5) is 68.1. The van der Waals surface area contributed by atoms with E-state index < -0.39 is 59.5 Å². The van der Waals surface area contributed by atoms with Gasteiger partial charge in [0.2, 0.25) is 23.6 Å². The molecule has 0 bridgehead atoms. The van der Waals surface area contributed by atoms with E-state index in [1.807, 2.05) is 72.8 Å². The Hall–Kier alpha value is -4.71. The van der Waals surface area contributed by atoms with Gasteiger partial charge in [0.15, 0.2) is 0 Å². The van der Waals surface area contributed by atoms with Crippen molar-refractivity contribution < 1.29 is 28.7 Å². The third-order valence-electron chi connectivity index (χ3n) is 8.29. The summed E-state index contributed by atoms with van der Waals surface area (Å²) in [7, 11) is 0. The molecule has 3 aromatic rings. The van der Waals surface area contributed by atoms with Crippen LogP contribution in [0.15, 0.2) is 77.3 Å². The van der Waals surface area contributed by atoms with Crippen molar-refractivity contribution in [1.29, 1.82) is 0 Å². The van der Waals surface area contributed by atoms with E-state index in [1.165, 1.54) is 4.90 Å². The maximum atomic E-state index is 14.1. The maximum absolute atomic E-state index is 14.1. The molecule has 2 heterocycles. The molecule has 12 heteroatoms. The molecule has 11 nitrogen and oxygen atoms in total. The molecule has 2 aliphatic heterocycles. The molecule has 0 fully saturated rings. The molecule has 3 atom stereocenters. The summed E-state index contributed by atoms with van der Waals surface area (Å²) < 4.78 is 6.21. The van der Waals surface area contributed by atoms with Crippen LogP contribution in [0.1, 0.15) is 68.3 Å². The predicted octanol–water partition coefficient (Wildman–Crippen LogP) is 4.20. The third-order valence-corrected chi connectivity index (χ3v) is 8.75. The van der Waals surface area contributed by atoms with Crippen LogP contribution < -0.4 is 26.6 Å². The highest BCUT2D eigenvalue weighted by Crippen LogP contribution is 2.41. The zero-order valence-corrected chi connectivity index (χ0v) is 28.7. The fourth-order valence-corrected chi connectivity index (χ4v) is 6.75. The van der Waals surface area contributed by atoms with Gasteiger partial charge in [-0.2, -0.15) is 0 Å². The van der Waals surface area contributed by atoms with E-state index in [-0.39, 0.29) is 19.3 Å². The minimum atomic E-state index is -1.13. The lowest BCUT2D eigenvalue weighted by molar-refractivity contribution is -0.131. The third kappa shape index (κ3) is 8.22. The van der Waals surface area contributed by atoms with Crippen molar-refractivity contribution in [2.75, 3.05) is 4.90 Å². The summed E-state index contributed by atoms with van der Waals surface area (Å²) in [5, 5.41) is 8.58. The number of aryl methyl sites for hydroxylation is 1. The molecule has 0 spiro atoms. The number of rotatable bonds is 10. The Labute approximate surface area is 288 Å². The normalized spacial score (nSPS) is 17.6. The van der Waals surface area contributed by atoms with Crippen molar-refractivity contribution in [3.05, 3.63) is 99.5 Å². The first-order chi connectivity index (χ1) is 22.8. The van der Waals surface area contributed by atoms with Crippen LogP contribution in [-0.2, 0) is 36.8 Å². The monoisotopic (exact) mass is 717 g/mol. The molecular formula is C36H40BrN5O6. The first-order valence-electron chi connectivity index (χ1n) is 15.9. The number of halogens is 1. The number of alkyl carbamates (subject to hydrolysis) is 1. The summed E-state index contributed by atoms with van der Waals surface area (Å²) in [6.45, 7) is 5.19. The fourth-order valence-electron chi connectivity index (χ4n) is 6.19. The predicted molar refractivity (Wildman–Crippen MR) is 184 cm³/mol. The second-order valence-corrected chi connectivity index (χ2v) is 14.0. The number of nitrogens with two attached hydrogens (primary N) is 1. The van der Waals surface area contributed by atoms with Crippen molar-refractivity contribution in [3.8, 4) is 0 Å². The number of hydrogen-bond donors (Lipinski definition) is 4. The molecule has 252 valence electrons. The van der Waals surface area contributed by atoms with Gasteiger partial charge >= 0.3 is 6.09 Å². The highest BCUT2D eigenvalue weighted by Gasteiger charge is 2.45. The molecule has 48 heavy (non-hydrogen) atoms. The van der Waals surface area contributed by atoms with Crippen molar-refractivity contribution >= 4 is 51.3 Å². The topological polar surface area (TPSA) is 160 Å². The van der Waals surface area contributed by atoms with Crippen LogP contribution in [0.5, 0.6) is 0 Å². The highest BCUT2D eigenvalue weighted by molar-refractivity contribution is 9.10. The second-order valence-electron chi connectivity index (χ2n) is 13.1. The summed E-state index contributed by atoms with van der Waals surface area (Å²) in [5.41, 5.74) is 8.63. The lowest BCUT2D eigenvalue weighted by Gasteiger charge is -2.30. The Bertz CT molecular complexity index is 1650. The van der Waals surface area contributed by atoms with E-state index in [4.69, 9.17) is 10.5 Å². The van der Waals surface area contributed by atoms with E-state index in [0.29, 0.717) is 18.5 Å². The number of benzene rings is 3. The van der Waals surface area contributed by atoms with Gasteiger partial charge in [0.25, 0.3) is 0 Å². The molecule has 3 aromatic carbocycles. The van der Waals surface area contributed by atoms with Crippen molar-refractivity contribution in [2.45, 2.75) is 82.6 Å². The van der Waals surface area contributed by atoms with Crippen molar-refractivity contribution in [3.63, 3.8) is 0 Å². The van der Waals surface area contributed by atoms with Gasteiger partial charge in [0, 0.05) is 17.3 Å². The van der Waals surface area contributed by atoms with Crippen molar-refractivity contribution in [1.82, 2.24) is 16.0 Å². The minimum absolute atomic E-state index is 0.0452. The Balaban J connectivity index is 1.41. The molecule has 5 rings (SSSR count). The number of nitrogens with zero attached hydrogens (tertiary/aromatic N) is 1. The van der Waals surface area contributed by atoms with Gasteiger partial charge in [-0.3, -0.25) is 24.1 Å². The smallest absolute Gasteiger partial charge is 0.408 e. The summed E-state index contributed by atoms with van der Waals surface area (Å²) in [6.07, 6.45) is 0.0450. The number of primary amides is 1. The van der Waals surface area contributed by atoms with Gasteiger partial charge in [0.05, 0.1) is 11.7 Å². The summed E-state index contributed by atoms with van der Waals surface area (Å²) in [6, 6.07) is 19.0. The fraction of sp³-hybridized carbons (Fsp3) is 0.361. The number of ether oxygens (including phenoxy) is 1. The Morgan fingerprint density at radius 2 is 1.56 bits per heavy atom. The number of nitrogens with one attached hydrogen (secondary N) is 3. The number of anilines is 1. The first-order valence-corrected chi connectivity index (χ1v) is 16.7. The molecule has 0 radical (unpaired) electrons. The quantitative estimate of drug-likeness (QED) is 0.246. The average molecular weight is 719 g/mol. The summed E-state index contributed by atoms with van der Waals surface area (Å²) >= 11 is 3.55. The van der Waals surface area contributed by atoms with Crippen LogP contribution in [0.2, 0.25) is 0 Å². The van der Waals surface area contributed by atoms with E-state index in [0.717, 1.165) is 26.7 Å². The van der Waals surface area contributed by atoms with Gasteiger partial charge < -0.3 is 26.4 Å². The molecule has 5 N–H and O–H groups in total. The Morgan fingerprint density at radius 1 is 0.958 bits per heavy atom. The van der Waals surface area contributed by atoms with Crippen LogP contribution in [-0.4, -0.2) is 53.4 Å². The maximum Gasteiger partial charge on any atom is 0.408 e. The SMILES string of the molecule is CC(C)(C)OC(=O)N[C@H]1CCc2cc(Br)cc3c2N(C1=O)[C@H](C(=O)NC(CCC(N)=O)C(=O)NC(c1ccccc1)c1ccccc1)C3. The minimum Gasteiger partial charge on any atom is -0.444 e. The lowest BCUT2D eigenvalue weighted by Crippen LogP contribution is -2.57. The molecule has 0 aromatic heterocycles. The zero-order valence-electron chi connectivity index (χ0n) is 27.1. The molecule has 2 aliphatic rings. The number of amides is 5. The van der Waals surface area contributed by atoms with E-state index >= 15 is 0 Å². The first kappa shape index (κ1) is 34.6. The van der Waals surface area contributed by atoms with Gasteiger partial charge in [-0.15, -0.1) is 0 Å². The Morgan fingerprint density at radius 3 is 2.15 bits per heavy atom. The molecule has 0 aliphatic carbocycles. The molecule has 5 amide bonds. The van der Waals surface area contributed by atoms with Crippen LogP contribution in [0.3, 0.4) is 0 Å². The average Bonchev–Trinajstić information content (AvgIpc) is 3.36. The van der Waals surface area contributed by atoms with E-state index in [1.54, 1.807) is 20.8 Å². The molecule has 0 saturated heterocycles. The standard InChI is InChI=1S/C36H40BrN5O6/c1-36(2,3)48-35(47)40-27-15-14-23-18-25(37)19-24-20-28(42(31(23)24)34(27)46)33(45)39-26(16-17-29(38)43)32(44)41-30(21-10-6-4-7-11-21)22-12-8-5-9-13-22/h4-13,18-19,26-28,30H,14-17,20H2,1-3H3,(H2,38,43)(H,39,45)(H,40,47)(H,41,44)/t26?,27-,28-/m0/s1. The Kier molecular flexibility index (Phi) is 10.5. The number of carbonyl (C=O) groups excluding carboxylic acids is 5. The molecular weight excluding hydrogens is 678 g/mol. The second kappa shape index (κ2) is 14.6. The van der Waals surface area contributed by atoms with Crippen LogP contribution in [0, 0.1) is 0 Å². The summed E-state index contributed by atoms with van der Waals surface area (Å²) in [5.74, 6) is -2.15. The number of carbonyl (C=O) groups is 5. The highest BCUT2D eigenvalue weighted by atomic mass is 79.9. The van der Waals surface area contributed by atoms with Gasteiger partial charge in [-0.05, 0) is 74.4 Å².